The molecule has 1 aromatic heterocycles. The number of nitrogens with zero attached hydrogens (tertiary/aromatic N) is 2. The van der Waals surface area contributed by atoms with Crippen LogP contribution in [0.5, 0.6) is 5.88 Å². The summed E-state index contributed by atoms with van der Waals surface area (Å²) in [6.07, 6.45) is 5.19. The Bertz CT molecular complexity index is 452. The van der Waals surface area contributed by atoms with Crippen LogP contribution < -0.4 is 4.74 Å². The molecule has 1 aliphatic rings. The van der Waals surface area contributed by atoms with Gasteiger partial charge >= 0.3 is 0 Å². The molecule has 1 aliphatic carbocycles. The van der Waals surface area contributed by atoms with Crippen molar-refractivity contribution in [1.82, 2.24) is 4.98 Å². The van der Waals surface area contributed by atoms with Crippen molar-refractivity contribution in [2.24, 2.45) is 0 Å². The van der Waals surface area contributed by atoms with Crippen molar-refractivity contribution in [2.45, 2.75) is 32.1 Å². The third kappa shape index (κ3) is 2.99. The molecule has 0 aromatic carbocycles. The fourth-order valence-corrected chi connectivity index (χ4v) is 2.18. The highest BCUT2D eigenvalue weighted by atomic mass is 16.5. The molecule has 4 nitrogen and oxygen atoms in total. The van der Waals surface area contributed by atoms with Crippen molar-refractivity contribution in [2.75, 3.05) is 20.3 Å². The van der Waals surface area contributed by atoms with Crippen LogP contribution in [-0.4, -0.2) is 25.3 Å². The number of fused-ring (bicyclic) bond motifs is 1. The van der Waals surface area contributed by atoms with Crippen molar-refractivity contribution in [3.05, 3.63) is 22.9 Å². The minimum absolute atomic E-state index is 0.481. The average molecular weight is 246 g/mol. The zero-order valence-corrected chi connectivity index (χ0v) is 10.7. The second-order valence-electron chi connectivity index (χ2n) is 4.46. The van der Waals surface area contributed by atoms with Crippen LogP contribution in [0.1, 0.15) is 36.1 Å². The van der Waals surface area contributed by atoms with Gasteiger partial charge in [-0.3, -0.25) is 0 Å². The van der Waals surface area contributed by atoms with Gasteiger partial charge in [0.25, 0.3) is 0 Å². The maximum Gasteiger partial charge on any atom is 0.231 e. The second kappa shape index (κ2) is 6.36. The van der Waals surface area contributed by atoms with E-state index in [0.717, 1.165) is 25.0 Å². The van der Waals surface area contributed by atoms with Crippen LogP contribution in [0.3, 0.4) is 0 Å². The van der Waals surface area contributed by atoms with Gasteiger partial charge in [0.05, 0.1) is 6.61 Å². The van der Waals surface area contributed by atoms with E-state index in [1.807, 2.05) is 6.07 Å². The number of rotatable bonds is 5. The minimum Gasteiger partial charge on any atom is -0.477 e. The summed E-state index contributed by atoms with van der Waals surface area (Å²) in [5.74, 6) is 0.481. The number of methoxy groups -OCH3 is 1. The molecule has 0 amide bonds. The second-order valence-corrected chi connectivity index (χ2v) is 4.46. The van der Waals surface area contributed by atoms with Gasteiger partial charge in [-0.05, 0) is 37.3 Å². The van der Waals surface area contributed by atoms with E-state index < -0.39 is 0 Å². The summed E-state index contributed by atoms with van der Waals surface area (Å²) in [5.41, 5.74) is 2.86. The van der Waals surface area contributed by atoms with E-state index in [4.69, 9.17) is 14.7 Å². The number of nitriles is 1. The highest BCUT2D eigenvalue weighted by Crippen LogP contribution is 2.25. The Morgan fingerprint density at radius 2 is 2.17 bits per heavy atom. The van der Waals surface area contributed by atoms with E-state index in [9.17, 15) is 0 Å². The molecule has 2 rings (SSSR count). The summed E-state index contributed by atoms with van der Waals surface area (Å²) >= 11 is 0. The van der Waals surface area contributed by atoms with Gasteiger partial charge < -0.3 is 9.47 Å². The third-order valence-corrected chi connectivity index (χ3v) is 3.12. The Kier molecular flexibility index (Phi) is 4.54. The Balaban J connectivity index is 2.11. The molecule has 0 unspecified atom stereocenters. The van der Waals surface area contributed by atoms with Crippen LogP contribution >= 0.6 is 0 Å². The molecule has 96 valence electrons. The maximum absolute atomic E-state index is 9.13. The fraction of sp³-hybridized carbons (Fsp3) is 0.571. The zero-order valence-electron chi connectivity index (χ0n) is 10.7. The maximum atomic E-state index is 9.13. The predicted molar refractivity (Wildman–Crippen MR) is 67.6 cm³/mol. The van der Waals surface area contributed by atoms with Crippen molar-refractivity contribution in [1.29, 1.82) is 5.26 Å². The van der Waals surface area contributed by atoms with Gasteiger partial charge in [-0.25, -0.2) is 4.98 Å². The molecule has 0 bridgehead atoms. The molecule has 0 aliphatic heterocycles. The number of pyridine rings is 1. The summed E-state index contributed by atoms with van der Waals surface area (Å²) in [5, 5.41) is 9.13. The highest BCUT2D eigenvalue weighted by molar-refractivity contribution is 5.43. The molecule has 0 atom stereocenters. The fourth-order valence-electron chi connectivity index (χ4n) is 2.18. The lowest BCUT2D eigenvalue weighted by atomic mass is 9.95. The van der Waals surface area contributed by atoms with Crippen molar-refractivity contribution in [3.8, 4) is 11.9 Å². The number of ether oxygens (including phenoxy) is 2. The van der Waals surface area contributed by atoms with Gasteiger partial charge in [-0.15, -0.1) is 0 Å². The molecule has 18 heavy (non-hydrogen) atoms. The van der Waals surface area contributed by atoms with E-state index in [-0.39, 0.29) is 0 Å². The lowest BCUT2D eigenvalue weighted by Gasteiger charge is -2.16. The van der Waals surface area contributed by atoms with Crippen molar-refractivity contribution in [3.63, 3.8) is 0 Å². The summed E-state index contributed by atoms with van der Waals surface area (Å²) in [6, 6.07) is 4.11. The number of aromatic nitrogens is 1. The molecule has 4 heteroatoms. The summed E-state index contributed by atoms with van der Waals surface area (Å²) in [6.45, 7) is 1.20. The van der Waals surface area contributed by atoms with Gasteiger partial charge in [0.2, 0.25) is 5.88 Å². The topological polar surface area (TPSA) is 55.1 Å². The van der Waals surface area contributed by atoms with Crippen LogP contribution in [0.2, 0.25) is 0 Å². The molecular weight excluding hydrogens is 228 g/mol. The number of hydrogen-bond acceptors (Lipinski definition) is 4. The smallest absolute Gasteiger partial charge is 0.231 e. The first-order valence-electron chi connectivity index (χ1n) is 6.40. The number of hydrogen-bond donors (Lipinski definition) is 0. The molecule has 0 saturated carbocycles. The molecular formula is C14H18N2O2. The molecule has 0 fully saturated rings. The largest absolute Gasteiger partial charge is 0.477 e. The quantitative estimate of drug-likeness (QED) is 0.748. The lowest BCUT2D eigenvalue weighted by Crippen LogP contribution is -2.10. The van der Waals surface area contributed by atoms with Crippen LogP contribution in [0, 0.1) is 11.3 Å². The summed E-state index contributed by atoms with van der Waals surface area (Å²) < 4.78 is 10.5. The molecule has 0 N–H and O–H groups in total. The third-order valence-electron chi connectivity index (χ3n) is 3.12. The molecule has 1 heterocycles. The zero-order chi connectivity index (χ0) is 12.8. The van der Waals surface area contributed by atoms with Crippen molar-refractivity contribution >= 4 is 0 Å². The molecule has 0 saturated heterocycles. The van der Waals surface area contributed by atoms with E-state index in [1.54, 1.807) is 7.11 Å². The standard InChI is InChI=1S/C14H18N2O2/c1-17-7-4-8-18-14-12(10-15)9-11-5-2-3-6-13(11)16-14/h9H,2-8H2,1H3. The summed E-state index contributed by atoms with van der Waals surface area (Å²) in [4.78, 5) is 4.50. The first-order chi connectivity index (χ1) is 8.85. The Labute approximate surface area is 108 Å². The predicted octanol–water partition coefficient (Wildman–Crippen LogP) is 2.25. The van der Waals surface area contributed by atoms with Gasteiger partial charge in [0, 0.05) is 25.8 Å². The lowest BCUT2D eigenvalue weighted by molar-refractivity contribution is 0.170. The number of aryl methyl sites for hydroxylation is 2. The SMILES string of the molecule is COCCCOc1nc2c(cc1C#N)CCCC2. The van der Waals surface area contributed by atoms with E-state index in [0.29, 0.717) is 24.7 Å². The molecule has 1 aromatic rings. The van der Waals surface area contributed by atoms with E-state index in [2.05, 4.69) is 11.1 Å². The normalized spacial score (nSPS) is 13.8. The first-order valence-corrected chi connectivity index (χ1v) is 6.40. The van der Waals surface area contributed by atoms with Gasteiger partial charge in [0.15, 0.2) is 0 Å². The first kappa shape index (κ1) is 12.8. The van der Waals surface area contributed by atoms with Gasteiger partial charge in [-0.2, -0.15) is 5.26 Å². The van der Waals surface area contributed by atoms with Gasteiger partial charge in [-0.1, -0.05) is 0 Å². The van der Waals surface area contributed by atoms with E-state index in [1.165, 1.54) is 18.4 Å². The van der Waals surface area contributed by atoms with Crippen LogP contribution in [0.25, 0.3) is 0 Å². The van der Waals surface area contributed by atoms with Crippen LogP contribution in [0.4, 0.5) is 0 Å². The van der Waals surface area contributed by atoms with Gasteiger partial charge in [0.1, 0.15) is 11.6 Å². The monoisotopic (exact) mass is 246 g/mol. The Morgan fingerprint density at radius 3 is 2.94 bits per heavy atom. The van der Waals surface area contributed by atoms with Crippen LogP contribution in [0.15, 0.2) is 6.07 Å². The average Bonchev–Trinajstić information content (AvgIpc) is 2.42. The molecule has 0 radical (unpaired) electrons. The van der Waals surface area contributed by atoms with Crippen molar-refractivity contribution < 1.29 is 9.47 Å². The van der Waals surface area contributed by atoms with Crippen LogP contribution in [-0.2, 0) is 17.6 Å². The molecule has 0 spiro atoms. The Hall–Kier alpha value is -1.60. The highest BCUT2D eigenvalue weighted by Gasteiger charge is 2.15. The summed E-state index contributed by atoms with van der Waals surface area (Å²) in [7, 11) is 1.66. The Morgan fingerprint density at radius 1 is 1.33 bits per heavy atom. The van der Waals surface area contributed by atoms with E-state index >= 15 is 0 Å². The minimum atomic E-state index is 0.481.